The second kappa shape index (κ2) is 5.33. The smallest absolute Gasteiger partial charge is 0.134 e. The van der Waals surface area contributed by atoms with Gasteiger partial charge in [-0.3, -0.25) is 0 Å². The van der Waals surface area contributed by atoms with E-state index in [1.807, 2.05) is 25.1 Å². The van der Waals surface area contributed by atoms with Crippen molar-refractivity contribution < 1.29 is 9.84 Å². The van der Waals surface area contributed by atoms with Crippen LogP contribution in [0.4, 0.5) is 0 Å². The van der Waals surface area contributed by atoms with Crippen molar-refractivity contribution in [1.82, 2.24) is 0 Å². The molecule has 0 aromatic heterocycles. The Morgan fingerprint density at radius 2 is 2.27 bits per heavy atom. The van der Waals surface area contributed by atoms with Crippen molar-refractivity contribution in [3.05, 3.63) is 40.4 Å². The van der Waals surface area contributed by atoms with Crippen LogP contribution >= 0.6 is 15.9 Å². The van der Waals surface area contributed by atoms with Gasteiger partial charge < -0.3 is 9.84 Å². The highest BCUT2D eigenvalue weighted by Gasteiger charge is 2.10. The van der Waals surface area contributed by atoms with E-state index >= 15 is 0 Å². The molecule has 15 heavy (non-hydrogen) atoms. The van der Waals surface area contributed by atoms with E-state index in [4.69, 9.17) is 4.74 Å². The van der Waals surface area contributed by atoms with Crippen molar-refractivity contribution in [3.63, 3.8) is 0 Å². The zero-order valence-corrected chi connectivity index (χ0v) is 10.5. The molecular formula is C12H15BrO2. The molecule has 1 N–H and O–H groups in total. The van der Waals surface area contributed by atoms with Crippen molar-refractivity contribution >= 4 is 15.9 Å². The van der Waals surface area contributed by atoms with Crippen LogP contribution in [0, 0.1) is 0 Å². The third-order valence-electron chi connectivity index (χ3n) is 1.92. The Morgan fingerprint density at radius 1 is 1.60 bits per heavy atom. The van der Waals surface area contributed by atoms with Crippen molar-refractivity contribution in [2.24, 2.45) is 0 Å². The lowest BCUT2D eigenvalue weighted by Gasteiger charge is -2.12. The highest BCUT2D eigenvalue weighted by atomic mass is 79.9. The van der Waals surface area contributed by atoms with Gasteiger partial charge in [-0.2, -0.15) is 0 Å². The van der Waals surface area contributed by atoms with Gasteiger partial charge in [0.05, 0.1) is 10.6 Å². The minimum atomic E-state index is -0.507. The maximum Gasteiger partial charge on any atom is 0.134 e. The first kappa shape index (κ1) is 12.3. The molecule has 0 heterocycles. The van der Waals surface area contributed by atoms with Crippen LogP contribution in [-0.2, 0) is 0 Å². The number of aliphatic hydroxyl groups excluding tert-OH is 1. The second-order valence-electron chi connectivity index (χ2n) is 3.58. The van der Waals surface area contributed by atoms with Gasteiger partial charge in [0, 0.05) is 0 Å². The topological polar surface area (TPSA) is 29.5 Å². The van der Waals surface area contributed by atoms with Gasteiger partial charge >= 0.3 is 0 Å². The van der Waals surface area contributed by atoms with Gasteiger partial charge in [0.15, 0.2) is 0 Å². The predicted molar refractivity (Wildman–Crippen MR) is 65.1 cm³/mol. The zero-order valence-electron chi connectivity index (χ0n) is 8.96. The van der Waals surface area contributed by atoms with Crippen LogP contribution in [0.1, 0.15) is 25.5 Å². The average molecular weight is 271 g/mol. The molecule has 0 aliphatic carbocycles. The van der Waals surface area contributed by atoms with Gasteiger partial charge in [-0.25, -0.2) is 0 Å². The van der Waals surface area contributed by atoms with Gasteiger partial charge in [-0.15, -0.1) is 0 Å². The quantitative estimate of drug-likeness (QED) is 0.850. The van der Waals surface area contributed by atoms with Gasteiger partial charge in [-0.1, -0.05) is 18.7 Å². The molecule has 0 aliphatic rings. The van der Waals surface area contributed by atoms with Crippen molar-refractivity contribution in [1.29, 1.82) is 0 Å². The van der Waals surface area contributed by atoms with Gasteiger partial charge in [-0.05, 0) is 47.0 Å². The standard InChI is InChI=1S/C12H15BrO2/c1-8(2)7-15-11-6-4-5-10(9(3)14)12(11)13/h4-6,9,14H,1,7H2,2-3H3. The Morgan fingerprint density at radius 3 is 2.80 bits per heavy atom. The number of ether oxygens (including phenoxy) is 1. The molecule has 1 unspecified atom stereocenters. The third-order valence-corrected chi connectivity index (χ3v) is 2.77. The van der Waals surface area contributed by atoms with E-state index in [-0.39, 0.29) is 0 Å². The molecule has 1 atom stereocenters. The summed E-state index contributed by atoms with van der Waals surface area (Å²) in [7, 11) is 0. The number of rotatable bonds is 4. The monoisotopic (exact) mass is 270 g/mol. The van der Waals surface area contributed by atoms with Crippen LogP contribution in [0.2, 0.25) is 0 Å². The van der Waals surface area contributed by atoms with Crippen LogP contribution < -0.4 is 4.74 Å². The summed E-state index contributed by atoms with van der Waals surface area (Å²) < 4.78 is 6.34. The summed E-state index contributed by atoms with van der Waals surface area (Å²) in [6.07, 6.45) is -0.507. The summed E-state index contributed by atoms with van der Waals surface area (Å²) in [4.78, 5) is 0. The molecule has 0 fully saturated rings. The van der Waals surface area contributed by atoms with E-state index in [0.29, 0.717) is 6.61 Å². The van der Waals surface area contributed by atoms with E-state index in [9.17, 15) is 5.11 Å². The summed E-state index contributed by atoms with van der Waals surface area (Å²) >= 11 is 3.42. The lowest BCUT2D eigenvalue weighted by atomic mass is 10.1. The Hall–Kier alpha value is -0.800. The largest absolute Gasteiger partial charge is 0.488 e. The molecule has 0 amide bonds. The molecule has 3 heteroatoms. The van der Waals surface area contributed by atoms with E-state index in [1.54, 1.807) is 6.92 Å². The Labute approximate surface area is 98.7 Å². The third kappa shape index (κ3) is 3.36. The van der Waals surface area contributed by atoms with Crippen LogP contribution in [0.3, 0.4) is 0 Å². The summed E-state index contributed by atoms with van der Waals surface area (Å²) in [5.74, 6) is 0.733. The fraction of sp³-hybridized carbons (Fsp3) is 0.333. The summed E-state index contributed by atoms with van der Waals surface area (Å²) in [6.45, 7) is 7.89. The number of benzene rings is 1. The van der Waals surface area contributed by atoms with E-state index in [2.05, 4.69) is 22.5 Å². The number of hydrogen-bond acceptors (Lipinski definition) is 2. The Balaban J connectivity index is 2.89. The molecule has 0 saturated carbocycles. The molecule has 0 aliphatic heterocycles. The lowest BCUT2D eigenvalue weighted by Crippen LogP contribution is -2.00. The highest BCUT2D eigenvalue weighted by molar-refractivity contribution is 9.10. The Kier molecular flexibility index (Phi) is 4.36. The van der Waals surface area contributed by atoms with Gasteiger partial charge in [0.1, 0.15) is 12.4 Å². The maximum atomic E-state index is 9.50. The number of halogens is 1. The SMILES string of the molecule is C=C(C)COc1cccc(C(C)O)c1Br. The molecule has 82 valence electrons. The van der Waals surface area contributed by atoms with Gasteiger partial charge in [0.25, 0.3) is 0 Å². The minimum Gasteiger partial charge on any atom is -0.488 e. The first-order valence-corrected chi connectivity index (χ1v) is 5.55. The zero-order chi connectivity index (χ0) is 11.4. The van der Waals surface area contributed by atoms with Crippen molar-refractivity contribution in [2.75, 3.05) is 6.61 Å². The normalized spacial score (nSPS) is 12.3. The van der Waals surface area contributed by atoms with Crippen molar-refractivity contribution in [2.45, 2.75) is 20.0 Å². The highest BCUT2D eigenvalue weighted by Crippen LogP contribution is 2.32. The summed E-state index contributed by atoms with van der Waals surface area (Å²) in [5.41, 5.74) is 1.79. The number of hydrogen-bond donors (Lipinski definition) is 1. The molecule has 0 radical (unpaired) electrons. The maximum absolute atomic E-state index is 9.50. The van der Waals surface area contributed by atoms with Crippen molar-refractivity contribution in [3.8, 4) is 5.75 Å². The molecular weight excluding hydrogens is 256 g/mol. The van der Waals surface area contributed by atoms with E-state index < -0.39 is 6.10 Å². The van der Waals surface area contributed by atoms with Crippen LogP contribution in [0.15, 0.2) is 34.8 Å². The number of aliphatic hydroxyl groups is 1. The predicted octanol–water partition coefficient (Wildman–Crippen LogP) is 3.46. The van der Waals surface area contributed by atoms with E-state index in [1.165, 1.54) is 0 Å². The lowest BCUT2D eigenvalue weighted by molar-refractivity contribution is 0.197. The first-order valence-electron chi connectivity index (χ1n) is 4.76. The molecule has 1 rings (SSSR count). The fourth-order valence-corrected chi connectivity index (χ4v) is 1.87. The second-order valence-corrected chi connectivity index (χ2v) is 4.37. The molecule has 0 bridgehead atoms. The molecule has 0 saturated heterocycles. The average Bonchev–Trinajstić information content (AvgIpc) is 2.15. The molecule has 1 aromatic carbocycles. The van der Waals surface area contributed by atoms with Crippen LogP contribution in [0.25, 0.3) is 0 Å². The summed E-state index contributed by atoms with van der Waals surface area (Å²) in [5, 5.41) is 9.50. The van der Waals surface area contributed by atoms with Crippen LogP contribution in [-0.4, -0.2) is 11.7 Å². The molecule has 2 nitrogen and oxygen atoms in total. The molecule has 0 spiro atoms. The first-order chi connectivity index (χ1) is 7.02. The molecule has 1 aromatic rings. The minimum absolute atomic E-state index is 0.488. The Bertz CT molecular complexity index is 359. The fourth-order valence-electron chi connectivity index (χ4n) is 1.16. The van der Waals surface area contributed by atoms with Crippen LogP contribution in [0.5, 0.6) is 5.75 Å². The van der Waals surface area contributed by atoms with E-state index in [0.717, 1.165) is 21.4 Å². The summed E-state index contributed by atoms with van der Waals surface area (Å²) in [6, 6.07) is 5.59. The van der Waals surface area contributed by atoms with Gasteiger partial charge in [0.2, 0.25) is 0 Å².